The topological polar surface area (TPSA) is 101 Å². The van der Waals surface area contributed by atoms with Gasteiger partial charge >= 0.3 is 5.97 Å². The van der Waals surface area contributed by atoms with Gasteiger partial charge in [-0.25, -0.2) is 4.68 Å². The van der Waals surface area contributed by atoms with Gasteiger partial charge in [0.25, 0.3) is 5.91 Å². The molecule has 8 nitrogen and oxygen atoms in total. The van der Waals surface area contributed by atoms with Crippen molar-refractivity contribution in [2.75, 3.05) is 6.54 Å². The average Bonchev–Trinajstić information content (AvgIpc) is 3.23. The van der Waals surface area contributed by atoms with E-state index in [-0.39, 0.29) is 17.6 Å². The zero-order valence-corrected chi connectivity index (χ0v) is 15.0. The van der Waals surface area contributed by atoms with Crippen molar-refractivity contribution in [2.24, 2.45) is 5.92 Å². The Kier molecular flexibility index (Phi) is 4.10. The van der Waals surface area contributed by atoms with Crippen LogP contribution in [0.4, 0.5) is 0 Å². The smallest absolute Gasteiger partial charge is 0.308 e. The summed E-state index contributed by atoms with van der Waals surface area (Å²) >= 11 is 0. The van der Waals surface area contributed by atoms with E-state index in [0.29, 0.717) is 18.7 Å². The SMILES string of the molecule is Cc1c(C(=O)N2CCC(C(=O)O)C2C)nnn1-c1ccc2ncccc2c1. The second-order valence-electron chi connectivity index (χ2n) is 6.79. The van der Waals surface area contributed by atoms with Crippen LogP contribution in [0.5, 0.6) is 0 Å². The molecule has 1 saturated heterocycles. The zero-order chi connectivity index (χ0) is 19.1. The summed E-state index contributed by atoms with van der Waals surface area (Å²) in [5.41, 5.74) is 2.53. The molecule has 3 aromatic rings. The van der Waals surface area contributed by atoms with Crippen molar-refractivity contribution in [1.29, 1.82) is 0 Å². The highest BCUT2D eigenvalue weighted by Gasteiger charge is 2.39. The molecule has 8 heteroatoms. The molecule has 1 N–H and O–H groups in total. The van der Waals surface area contributed by atoms with Crippen molar-refractivity contribution < 1.29 is 14.7 Å². The number of pyridine rings is 1. The van der Waals surface area contributed by atoms with E-state index >= 15 is 0 Å². The summed E-state index contributed by atoms with van der Waals surface area (Å²) in [6.07, 6.45) is 2.19. The second kappa shape index (κ2) is 6.46. The minimum Gasteiger partial charge on any atom is -0.481 e. The Balaban J connectivity index is 1.65. The molecule has 0 aliphatic carbocycles. The van der Waals surface area contributed by atoms with Crippen LogP contribution in [0.2, 0.25) is 0 Å². The van der Waals surface area contributed by atoms with Crippen LogP contribution >= 0.6 is 0 Å². The number of aromatic nitrogens is 4. The molecule has 27 heavy (non-hydrogen) atoms. The largest absolute Gasteiger partial charge is 0.481 e. The number of fused-ring (bicyclic) bond motifs is 1. The quantitative estimate of drug-likeness (QED) is 0.762. The molecule has 1 aliphatic rings. The molecule has 4 rings (SSSR count). The van der Waals surface area contributed by atoms with E-state index in [1.807, 2.05) is 30.3 Å². The van der Waals surface area contributed by atoms with Crippen LogP contribution in [-0.2, 0) is 4.79 Å². The van der Waals surface area contributed by atoms with Gasteiger partial charge in [-0.15, -0.1) is 5.10 Å². The molecule has 2 atom stereocenters. The maximum absolute atomic E-state index is 12.9. The van der Waals surface area contributed by atoms with Gasteiger partial charge in [-0.2, -0.15) is 0 Å². The average molecular weight is 365 g/mol. The first-order valence-electron chi connectivity index (χ1n) is 8.78. The third kappa shape index (κ3) is 2.83. The summed E-state index contributed by atoms with van der Waals surface area (Å²) in [6.45, 7) is 3.96. The Bertz CT molecular complexity index is 1040. The van der Waals surface area contributed by atoms with Crippen molar-refractivity contribution in [1.82, 2.24) is 24.9 Å². The number of carboxylic acid groups (broad SMARTS) is 1. The molecule has 138 valence electrons. The lowest BCUT2D eigenvalue weighted by atomic mass is 10.0. The lowest BCUT2D eigenvalue weighted by molar-refractivity contribution is -0.142. The molecule has 1 amide bonds. The third-order valence-electron chi connectivity index (χ3n) is 5.26. The van der Waals surface area contributed by atoms with Crippen LogP contribution < -0.4 is 0 Å². The van der Waals surface area contributed by atoms with E-state index in [4.69, 9.17) is 0 Å². The summed E-state index contributed by atoms with van der Waals surface area (Å²) in [4.78, 5) is 30.1. The molecule has 0 saturated carbocycles. The van der Waals surface area contributed by atoms with Gasteiger partial charge in [0.05, 0.1) is 22.8 Å². The van der Waals surface area contributed by atoms with E-state index in [2.05, 4.69) is 15.3 Å². The molecule has 1 fully saturated rings. The van der Waals surface area contributed by atoms with Gasteiger partial charge in [0.15, 0.2) is 5.69 Å². The van der Waals surface area contributed by atoms with Gasteiger partial charge in [0.2, 0.25) is 0 Å². The van der Waals surface area contributed by atoms with Crippen LogP contribution in [0, 0.1) is 12.8 Å². The zero-order valence-electron chi connectivity index (χ0n) is 15.0. The van der Waals surface area contributed by atoms with E-state index in [9.17, 15) is 14.7 Å². The summed E-state index contributed by atoms with van der Waals surface area (Å²) in [5.74, 6) is -1.70. The van der Waals surface area contributed by atoms with Gasteiger partial charge in [-0.3, -0.25) is 14.6 Å². The molecule has 1 aromatic carbocycles. The first kappa shape index (κ1) is 17.1. The molecule has 0 spiro atoms. The lowest BCUT2D eigenvalue weighted by Gasteiger charge is -2.22. The molecule has 0 bridgehead atoms. The number of carboxylic acids is 1. The van der Waals surface area contributed by atoms with E-state index in [1.165, 1.54) is 0 Å². The normalized spacial score (nSPS) is 19.6. The molecule has 0 radical (unpaired) electrons. The Hall–Kier alpha value is -3.29. The van der Waals surface area contributed by atoms with Crippen LogP contribution in [0.1, 0.15) is 29.5 Å². The highest BCUT2D eigenvalue weighted by molar-refractivity contribution is 5.94. The second-order valence-corrected chi connectivity index (χ2v) is 6.79. The Labute approximate surface area is 155 Å². The molecular weight excluding hydrogens is 346 g/mol. The number of hydrogen-bond donors (Lipinski definition) is 1. The van der Waals surface area contributed by atoms with Gasteiger partial charge in [-0.05, 0) is 44.5 Å². The number of likely N-dealkylation sites (tertiary alicyclic amines) is 1. The summed E-state index contributed by atoms with van der Waals surface area (Å²) in [5, 5.41) is 18.5. The van der Waals surface area contributed by atoms with Crippen molar-refractivity contribution in [2.45, 2.75) is 26.3 Å². The highest BCUT2D eigenvalue weighted by Crippen LogP contribution is 2.27. The highest BCUT2D eigenvalue weighted by atomic mass is 16.4. The number of rotatable bonds is 3. The molecule has 3 heterocycles. The Morgan fingerprint density at radius 3 is 2.81 bits per heavy atom. The van der Waals surface area contributed by atoms with Crippen molar-refractivity contribution >= 4 is 22.8 Å². The van der Waals surface area contributed by atoms with Gasteiger partial charge in [-0.1, -0.05) is 11.3 Å². The van der Waals surface area contributed by atoms with Gasteiger partial charge < -0.3 is 10.0 Å². The fourth-order valence-corrected chi connectivity index (χ4v) is 3.66. The summed E-state index contributed by atoms with van der Waals surface area (Å²) in [6, 6.07) is 9.17. The van der Waals surface area contributed by atoms with Gasteiger partial charge in [0, 0.05) is 24.2 Å². The molecule has 2 aromatic heterocycles. The Morgan fingerprint density at radius 1 is 1.26 bits per heavy atom. The lowest BCUT2D eigenvalue weighted by Crippen LogP contribution is -2.38. The van der Waals surface area contributed by atoms with Gasteiger partial charge in [0.1, 0.15) is 0 Å². The first-order valence-corrected chi connectivity index (χ1v) is 8.78. The fourth-order valence-electron chi connectivity index (χ4n) is 3.66. The number of carbonyl (C=O) groups excluding carboxylic acids is 1. The molecular formula is C19H19N5O3. The number of aliphatic carboxylic acids is 1. The maximum atomic E-state index is 12.9. The fraction of sp³-hybridized carbons (Fsp3) is 0.316. The maximum Gasteiger partial charge on any atom is 0.308 e. The minimum atomic E-state index is -0.872. The van der Waals surface area contributed by atoms with Crippen LogP contribution in [-0.4, -0.2) is 54.4 Å². The number of hydrogen-bond acceptors (Lipinski definition) is 5. The van der Waals surface area contributed by atoms with Crippen molar-refractivity contribution in [3.8, 4) is 5.69 Å². The minimum absolute atomic E-state index is 0.249. The number of amides is 1. The van der Waals surface area contributed by atoms with Crippen molar-refractivity contribution in [3.63, 3.8) is 0 Å². The van der Waals surface area contributed by atoms with Crippen LogP contribution in [0.15, 0.2) is 36.5 Å². The predicted octanol–water partition coefficient (Wildman–Crippen LogP) is 2.06. The summed E-state index contributed by atoms with van der Waals surface area (Å²) in [7, 11) is 0. The van der Waals surface area contributed by atoms with Crippen LogP contribution in [0.3, 0.4) is 0 Å². The standard InChI is InChI=1S/C19H19N5O3/c1-11-15(19(26)27)7-9-23(11)18(25)17-12(2)24(22-21-17)14-5-6-16-13(10-14)4-3-8-20-16/h3-6,8,10-11,15H,7,9H2,1-2H3,(H,26,27). The Morgan fingerprint density at radius 2 is 2.07 bits per heavy atom. The number of carbonyl (C=O) groups is 2. The van der Waals surface area contributed by atoms with E-state index in [1.54, 1.807) is 29.6 Å². The van der Waals surface area contributed by atoms with Crippen molar-refractivity contribution in [3.05, 3.63) is 47.9 Å². The number of nitrogens with zero attached hydrogens (tertiary/aromatic N) is 5. The third-order valence-corrected chi connectivity index (χ3v) is 5.26. The molecule has 1 aliphatic heterocycles. The monoisotopic (exact) mass is 365 g/mol. The van der Waals surface area contributed by atoms with E-state index < -0.39 is 11.9 Å². The van der Waals surface area contributed by atoms with Crippen LogP contribution in [0.25, 0.3) is 16.6 Å². The first-order chi connectivity index (χ1) is 13.0. The van der Waals surface area contributed by atoms with E-state index in [0.717, 1.165) is 16.6 Å². The molecule has 2 unspecified atom stereocenters. The number of benzene rings is 1. The summed E-state index contributed by atoms with van der Waals surface area (Å²) < 4.78 is 1.62. The predicted molar refractivity (Wildman–Crippen MR) is 97.6 cm³/mol.